The van der Waals surface area contributed by atoms with Crippen LogP contribution >= 0.6 is 23.2 Å². The Morgan fingerprint density at radius 2 is 1.95 bits per heavy atom. The largest absolute Gasteiger partial charge is 0.436 e. The molecule has 3 rings (SSSR count). The maximum atomic E-state index is 5.97. The van der Waals surface area contributed by atoms with Crippen molar-refractivity contribution in [3.8, 4) is 11.5 Å². The van der Waals surface area contributed by atoms with E-state index in [1.165, 1.54) is 0 Å². The molecule has 0 aliphatic carbocycles. The van der Waals surface area contributed by atoms with E-state index in [9.17, 15) is 0 Å². The van der Waals surface area contributed by atoms with E-state index < -0.39 is 0 Å². The number of nitrogens with zero attached hydrogens (tertiary/aromatic N) is 1. The summed E-state index contributed by atoms with van der Waals surface area (Å²) in [5.74, 6) is 0.533. The van der Waals surface area contributed by atoms with Crippen molar-refractivity contribution in [3.05, 3.63) is 45.9 Å². The Labute approximate surface area is 119 Å². The maximum Gasteiger partial charge on any atom is 0.227 e. The molecule has 1 aromatic heterocycles. The number of nitrogens with two attached hydrogens (primary N) is 1. The molecule has 0 atom stereocenters. The molecule has 0 spiro atoms. The predicted molar refractivity (Wildman–Crippen MR) is 78.6 cm³/mol. The summed E-state index contributed by atoms with van der Waals surface area (Å²) in [7, 11) is 0. The Hall–Kier alpha value is -1.71. The molecule has 0 bridgehead atoms. The third-order valence-electron chi connectivity index (χ3n) is 2.93. The number of aryl methyl sites for hydroxylation is 1. The standard InChI is InChI=1S/C14H10Cl2N2O/c1-7-4-8(15)2-3-9(7)14-18-12-5-10(16)11(17)6-13(12)19-14/h2-6H,17H2,1H3. The third-order valence-corrected chi connectivity index (χ3v) is 3.49. The first-order valence-corrected chi connectivity index (χ1v) is 6.42. The summed E-state index contributed by atoms with van der Waals surface area (Å²) in [6.07, 6.45) is 0. The molecule has 0 fully saturated rings. The lowest BCUT2D eigenvalue weighted by Crippen LogP contribution is -1.84. The van der Waals surface area contributed by atoms with Gasteiger partial charge in [-0.3, -0.25) is 0 Å². The van der Waals surface area contributed by atoms with Crippen LogP contribution in [0.4, 0.5) is 5.69 Å². The summed E-state index contributed by atoms with van der Waals surface area (Å²) in [6, 6.07) is 8.93. The lowest BCUT2D eigenvalue weighted by molar-refractivity contribution is 0.619. The van der Waals surface area contributed by atoms with Gasteiger partial charge < -0.3 is 10.2 Å². The minimum absolute atomic E-state index is 0.472. The van der Waals surface area contributed by atoms with Crippen LogP contribution in [0.5, 0.6) is 0 Å². The quantitative estimate of drug-likeness (QED) is 0.662. The molecule has 0 radical (unpaired) electrons. The molecule has 0 amide bonds. The van der Waals surface area contributed by atoms with Gasteiger partial charge in [0, 0.05) is 16.7 Å². The van der Waals surface area contributed by atoms with Gasteiger partial charge in [0.25, 0.3) is 0 Å². The van der Waals surface area contributed by atoms with Gasteiger partial charge in [-0.2, -0.15) is 0 Å². The second-order valence-electron chi connectivity index (χ2n) is 4.32. The molecule has 1 heterocycles. The number of aromatic nitrogens is 1. The second-order valence-corrected chi connectivity index (χ2v) is 5.16. The van der Waals surface area contributed by atoms with Gasteiger partial charge in [0.15, 0.2) is 5.58 Å². The molecular weight excluding hydrogens is 283 g/mol. The number of benzene rings is 2. The first-order valence-electron chi connectivity index (χ1n) is 5.66. The van der Waals surface area contributed by atoms with Crippen molar-refractivity contribution in [2.24, 2.45) is 0 Å². The highest BCUT2D eigenvalue weighted by Crippen LogP contribution is 2.31. The predicted octanol–water partition coefficient (Wildman–Crippen LogP) is 4.69. The topological polar surface area (TPSA) is 52.0 Å². The van der Waals surface area contributed by atoms with Crippen LogP contribution in [0.15, 0.2) is 34.7 Å². The maximum absolute atomic E-state index is 5.97. The number of hydrogen-bond donors (Lipinski definition) is 1. The SMILES string of the molecule is Cc1cc(Cl)ccc1-c1nc2cc(Cl)c(N)cc2o1. The average Bonchev–Trinajstić information content (AvgIpc) is 2.72. The van der Waals surface area contributed by atoms with Crippen molar-refractivity contribution < 1.29 is 4.42 Å². The van der Waals surface area contributed by atoms with E-state index in [0.717, 1.165) is 11.1 Å². The molecule has 5 heteroatoms. The molecule has 2 aromatic carbocycles. The van der Waals surface area contributed by atoms with Gasteiger partial charge in [-0.15, -0.1) is 0 Å². The van der Waals surface area contributed by atoms with Crippen LogP contribution in [0, 0.1) is 6.92 Å². The summed E-state index contributed by atoms with van der Waals surface area (Å²) in [4.78, 5) is 4.43. The highest BCUT2D eigenvalue weighted by atomic mass is 35.5. The number of hydrogen-bond acceptors (Lipinski definition) is 3. The van der Waals surface area contributed by atoms with Crippen LogP contribution < -0.4 is 5.73 Å². The van der Waals surface area contributed by atoms with Gasteiger partial charge in [-0.05, 0) is 36.8 Å². The summed E-state index contributed by atoms with van der Waals surface area (Å²) in [6.45, 7) is 1.96. The Morgan fingerprint density at radius 3 is 2.68 bits per heavy atom. The van der Waals surface area contributed by atoms with E-state index in [1.54, 1.807) is 18.2 Å². The molecule has 0 unspecified atom stereocenters. The van der Waals surface area contributed by atoms with Crippen LogP contribution in [-0.4, -0.2) is 4.98 Å². The fourth-order valence-electron chi connectivity index (χ4n) is 1.95. The summed E-state index contributed by atoms with van der Waals surface area (Å²) < 4.78 is 5.72. The zero-order valence-electron chi connectivity index (χ0n) is 10.1. The Kier molecular flexibility index (Phi) is 2.88. The van der Waals surface area contributed by atoms with Gasteiger partial charge >= 0.3 is 0 Å². The monoisotopic (exact) mass is 292 g/mol. The normalized spacial score (nSPS) is 11.1. The number of fused-ring (bicyclic) bond motifs is 1. The molecule has 96 valence electrons. The molecule has 2 N–H and O–H groups in total. The van der Waals surface area contributed by atoms with Crippen molar-refractivity contribution in [3.63, 3.8) is 0 Å². The molecule has 3 nitrogen and oxygen atoms in total. The van der Waals surface area contributed by atoms with E-state index in [4.69, 9.17) is 33.4 Å². The van der Waals surface area contributed by atoms with Gasteiger partial charge in [0.2, 0.25) is 5.89 Å². The van der Waals surface area contributed by atoms with E-state index in [2.05, 4.69) is 4.98 Å². The van der Waals surface area contributed by atoms with E-state index >= 15 is 0 Å². The minimum Gasteiger partial charge on any atom is -0.436 e. The Bertz CT molecular complexity index is 741. The first-order chi connectivity index (χ1) is 9.04. The van der Waals surface area contributed by atoms with Crippen LogP contribution in [0.2, 0.25) is 10.0 Å². The first kappa shape index (κ1) is 12.3. The van der Waals surface area contributed by atoms with Crippen molar-refractivity contribution in [2.45, 2.75) is 6.92 Å². The van der Waals surface area contributed by atoms with E-state index in [1.807, 2.05) is 19.1 Å². The second kappa shape index (κ2) is 4.44. The van der Waals surface area contributed by atoms with Gasteiger partial charge in [-0.25, -0.2) is 4.98 Å². The van der Waals surface area contributed by atoms with Crippen molar-refractivity contribution in [1.82, 2.24) is 4.98 Å². The Morgan fingerprint density at radius 1 is 1.16 bits per heavy atom. The number of halogens is 2. The third kappa shape index (κ3) is 2.15. The number of anilines is 1. The van der Waals surface area contributed by atoms with Crippen molar-refractivity contribution in [2.75, 3.05) is 5.73 Å². The van der Waals surface area contributed by atoms with Gasteiger partial charge in [0.1, 0.15) is 5.52 Å². The summed E-state index contributed by atoms with van der Waals surface area (Å²) in [5.41, 5.74) is 9.42. The lowest BCUT2D eigenvalue weighted by atomic mass is 10.1. The molecular formula is C14H10Cl2N2O. The molecule has 0 aliphatic heterocycles. The number of oxazole rings is 1. The fourth-order valence-corrected chi connectivity index (χ4v) is 2.33. The highest BCUT2D eigenvalue weighted by molar-refractivity contribution is 6.33. The summed E-state index contributed by atoms with van der Waals surface area (Å²) in [5, 5.41) is 1.16. The molecule has 0 saturated carbocycles. The fraction of sp³-hybridized carbons (Fsp3) is 0.0714. The average molecular weight is 293 g/mol. The van der Waals surface area contributed by atoms with Crippen LogP contribution in [-0.2, 0) is 0 Å². The van der Waals surface area contributed by atoms with Gasteiger partial charge in [-0.1, -0.05) is 23.2 Å². The molecule has 0 aliphatic rings. The highest BCUT2D eigenvalue weighted by Gasteiger charge is 2.12. The van der Waals surface area contributed by atoms with Crippen molar-refractivity contribution >= 4 is 40.0 Å². The van der Waals surface area contributed by atoms with E-state index in [-0.39, 0.29) is 0 Å². The molecule has 19 heavy (non-hydrogen) atoms. The smallest absolute Gasteiger partial charge is 0.227 e. The molecule has 3 aromatic rings. The van der Waals surface area contributed by atoms with E-state index in [0.29, 0.717) is 32.7 Å². The van der Waals surface area contributed by atoms with Crippen LogP contribution in [0.1, 0.15) is 5.56 Å². The van der Waals surface area contributed by atoms with Gasteiger partial charge in [0.05, 0.1) is 10.7 Å². The van der Waals surface area contributed by atoms with Crippen LogP contribution in [0.25, 0.3) is 22.6 Å². The minimum atomic E-state index is 0.472. The zero-order chi connectivity index (χ0) is 13.6. The Balaban J connectivity index is 2.20. The molecule has 0 saturated heterocycles. The summed E-state index contributed by atoms with van der Waals surface area (Å²) >= 11 is 11.9. The number of rotatable bonds is 1. The number of nitrogen functional groups attached to an aromatic ring is 1. The lowest BCUT2D eigenvalue weighted by Gasteiger charge is -2.00. The van der Waals surface area contributed by atoms with Crippen LogP contribution in [0.3, 0.4) is 0 Å². The van der Waals surface area contributed by atoms with Crippen molar-refractivity contribution in [1.29, 1.82) is 0 Å². The zero-order valence-corrected chi connectivity index (χ0v) is 11.6.